The second-order valence-electron chi connectivity index (χ2n) is 40.3. The van der Waals surface area contributed by atoms with Gasteiger partial charge in [0.1, 0.15) is 5.78 Å². The molecule has 21 heteroatoms. The van der Waals surface area contributed by atoms with Gasteiger partial charge in [-0.2, -0.15) is 11.8 Å². The summed E-state index contributed by atoms with van der Waals surface area (Å²) in [6.45, 7) is 90.3. The fourth-order valence-electron chi connectivity index (χ4n) is 7.81. The highest BCUT2D eigenvalue weighted by atomic mass is 79.9. The van der Waals surface area contributed by atoms with E-state index in [9.17, 15) is 50.4 Å². The van der Waals surface area contributed by atoms with Gasteiger partial charge in [0.2, 0.25) is 17.7 Å². The van der Waals surface area contributed by atoms with E-state index >= 15 is 0 Å². The first-order chi connectivity index (χ1) is 45.2. The minimum Gasteiger partial charge on any atom is -0.373 e. The number of thioether (sulfide) groups is 1. The first kappa shape index (κ1) is 118. The number of carbonyl (C=O) groups is 7. The number of ether oxygens (including phenoxy) is 1. The Bertz CT molecular complexity index is 2700. The lowest BCUT2D eigenvalue weighted by atomic mass is 9.76. The van der Waals surface area contributed by atoms with E-state index in [4.69, 9.17) is 16.3 Å². The average Bonchev–Trinajstić information content (AvgIpc) is 1.77. The molecule has 0 aromatic heterocycles. The molecular formula is C84H164BrClN4O12S3. The number of amides is 3. The van der Waals surface area contributed by atoms with E-state index in [1.807, 2.05) is 109 Å². The van der Waals surface area contributed by atoms with Gasteiger partial charge in [-0.15, -0.1) is 11.6 Å². The summed E-state index contributed by atoms with van der Waals surface area (Å²) in [6.07, 6.45) is 9.33. The van der Waals surface area contributed by atoms with Crippen LogP contribution in [-0.2, 0) is 58.0 Å². The molecular weight excluding hydrogens is 1470 g/mol. The van der Waals surface area contributed by atoms with E-state index in [0.29, 0.717) is 52.5 Å². The van der Waals surface area contributed by atoms with Crippen molar-refractivity contribution in [1.82, 2.24) is 20.9 Å². The van der Waals surface area contributed by atoms with E-state index < -0.39 is 24.4 Å². The molecule has 6 saturated heterocycles. The van der Waals surface area contributed by atoms with Crippen LogP contribution in [0.15, 0.2) is 49.3 Å². The Morgan fingerprint density at radius 1 is 0.590 bits per heavy atom. The van der Waals surface area contributed by atoms with Gasteiger partial charge in [-0.05, 0) is 111 Å². The van der Waals surface area contributed by atoms with Gasteiger partial charge in [0, 0.05) is 94.6 Å². The number of sulfone groups is 2. The van der Waals surface area contributed by atoms with Gasteiger partial charge in [-0.1, -0.05) is 265 Å². The molecule has 5 atom stereocenters. The highest BCUT2D eigenvalue weighted by Gasteiger charge is 2.38. The summed E-state index contributed by atoms with van der Waals surface area (Å²) in [5, 5.41) is 12.3. The number of rotatable bonds is 11. The number of halogens is 2. The van der Waals surface area contributed by atoms with Gasteiger partial charge < -0.3 is 25.6 Å². The van der Waals surface area contributed by atoms with Crippen molar-refractivity contribution in [3.8, 4) is 0 Å². The molecule has 6 aliphatic heterocycles. The van der Waals surface area contributed by atoms with E-state index in [1.54, 1.807) is 20.8 Å². The van der Waals surface area contributed by atoms with E-state index in [0.717, 1.165) is 48.2 Å². The van der Waals surface area contributed by atoms with E-state index in [2.05, 4.69) is 195 Å². The van der Waals surface area contributed by atoms with Crippen LogP contribution in [0.3, 0.4) is 0 Å². The van der Waals surface area contributed by atoms with Crippen molar-refractivity contribution in [2.75, 3.05) is 49.0 Å². The Balaban J connectivity index is -0.000000163. The number of alkyl halides is 2. The molecule has 6 rings (SSSR count). The lowest BCUT2D eigenvalue weighted by molar-refractivity contribution is -0.146. The van der Waals surface area contributed by atoms with Gasteiger partial charge in [-0.3, -0.25) is 33.6 Å². The van der Waals surface area contributed by atoms with Gasteiger partial charge >= 0.3 is 0 Å². The summed E-state index contributed by atoms with van der Waals surface area (Å²) >= 11 is 10.5. The third-order valence-corrected chi connectivity index (χ3v) is 20.5. The highest BCUT2D eigenvalue weighted by Crippen LogP contribution is 2.39. The number of β-lactam (4-membered cyclic amide) rings is 3. The first-order valence-corrected chi connectivity index (χ1v) is 42.3. The number of ketones is 4. The molecule has 624 valence electrons. The summed E-state index contributed by atoms with van der Waals surface area (Å²) in [4.78, 5) is 76.8. The largest absolute Gasteiger partial charge is 0.373 e. The zero-order valence-electron chi connectivity index (χ0n) is 72.3. The lowest BCUT2D eigenvalue weighted by Gasteiger charge is -2.42. The van der Waals surface area contributed by atoms with Crippen LogP contribution >= 0.6 is 39.3 Å². The maximum atomic E-state index is 10.9. The van der Waals surface area contributed by atoms with Crippen molar-refractivity contribution >= 4 is 99.8 Å². The number of hydrogen-bond donors (Lipinski definition) is 3. The number of nitrogens with zero attached hydrogens (tertiary/aromatic N) is 1. The van der Waals surface area contributed by atoms with Gasteiger partial charge in [0.25, 0.3) is 0 Å². The standard InChI is InChI=1S/C8H14O.3C7H13NO.C7H15N.C7H14O2S.C7H14O.C7H12O.C7H14S.C6H11BrO.C6H11ClO.C6H12O2S.2CH4/c1-5-7(9)6-8(2,3)4;1-7(2,3)5-4-8-6(5)9;1-7(2,3)8-5-4-6(8)9;1-7(2,3)5-4-6(9)8-5;1-7(2,3)4-6-5-8-6;1-5-10(8,9)6-7(2,3)4;1-7(2,3)4-6-5-8-6;1-5-6(8)7(2,3)4;1-7(2,3)4-6-5-8-6;2*1-6(2,3)5(8)4-7;1-5-9(7,8)6(2,3)4;;/h5H,1,6H2,2-4H3;5H,4H2,1-3H3,(H,8,9);4-5H2,1-3H3;5H,4H2,1-3H3,(H,8,9);6,8H,4-5H2,1-3H3;5H,1,6H2,2-4H3;6H,4-5H2,1-3H3;5H,1H2,2-4H3;6H,4-5H2,1-3H3;2*4H2,1-3H3;5H,1H2,2-4H3;2*1H4. The minimum atomic E-state index is -3.07. The van der Waals surface area contributed by atoms with Crippen LogP contribution in [0.25, 0.3) is 0 Å². The SMILES string of the molecule is C.C.C=CC(=O)C(C)(C)C.C=CC(=O)CC(C)(C)C.C=CS(=O)(=O)C(C)(C)C.C=CS(=O)(=O)CC(C)(C)C.CC(C)(C)C(=O)CBr.CC(C)(C)C(=O)CCl.CC(C)(C)C1CC(=O)N1.CC(C)(C)C1CNC1=O.CC(C)(C)CC1CN1.CC(C)(C)CC1CO1.CC(C)(C)CC1CS1.CC(C)(C)N1CCC1=O. The zero-order chi connectivity index (χ0) is 83.8. The van der Waals surface area contributed by atoms with E-state index in [-0.39, 0.29) is 111 Å². The van der Waals surface area contributed by atoms with E-state index in [1.165, 1.54) is 43.7 Å². The maximum absolute atomic E-state index is 10.9. The van der Waals surface area contributed by atoms with Crippen molar-refractivity contribution in [2.24, 2.45) is 60.1 Å². The normalized spacial score (nSPS) is 18.7. The van der Waals surface area contributed by atoms with Crippen LogP contribution in [-0.4, -0.2) is 145 Å². The fourth-order valence-corrected chi connectivity index (χ4v) is 11.8. The molecule has 6 heterocycles. The number of likely N-dealkylation sites (tertiary alicyclic amines) is 1. The Hall–Kier alpha value is -3.01. The minimum absolute atomic E-state index is 0. The topological polar surface area (TPSA) is 250 Å². The molecule has 0 radical (unpaired) electrons. The molecule has 0 aromatic rings. The number of Topliss-reactive ketones (excluding diaryl/α,β-unsaturated/α-hetero) is 2. The summed E-state index contributed by atoms with van der Waals surface area (Å²) in [5.74, 6) is 3.22. The van der Waals surface area contributed by atoms with Crippen LogP contribution in [0.2, 0.25) is 0 Å². The highest BCUT2D eigenvalue weighted by molar-refractivity contribution is 9.09. The monoisotopic (exact) mass is 1630 g/mol. The second kappa shape index (κ2) is 49.4. The predicted molar refractivity (Wildman–Crippen MR) is 461 cm³/mol. The fraction of sp³-hybridized carbons (Fsp3) is 0.821. The molecule has 0 aliphatic carbocycles. The predicted octanol–water partition coefficient (Wildman–Crippen LogP) is 20.5. The summed E-state index contributed by atoms with van der Waals surface area (Å²) in [6, 6.07) is 1.25. The number of hydrogen-bond acceptors (Lipinski definition) is 14. The molecule has 6 fully saturated rings. The zero-order valence-corrected chi connectivity index (χ0v) is 77.0. The average molecular weight is 1630 g/mol. The lowest BCUT2D eigenvalue weighted by Crippen LogP contribution is -2.55. The molecule has 0 saturated carbocycles. The number of allylic oxidation sites excluding steroid dienone is 2. The van der Waals surface area contributed by atoms with Crippen LogP contribution in [0.4, 0.5) is 0 Å². The molecule has 0 bridgehead atoms. The molecule has 105 heavy (non-hydrogen) atoms. The molecule has 5 unspecified atom stereocenters. The van der Waals surface area contributed by atoms with Crippen molar-refractivity contribution in [3.63, 3.8) is 0 Å². The van der Waals surface area contributed by atoms with Gasteiger partial charge in [-0.25, -0.2) is 16.8 Å². The molecule has 0 spiro atoms. The number of epoxide rings is 1. The molecule has 16 nitrogen and oxygen atoms in total. The van der Waals surface area contributed by atoms with Crippen molar-refractivity contribution in [2.45, 2.75) is 336 Å². The Kier molecular flexibility index (Phi) is 55.4. The van der Waals surface area contributed by atoms with Crippen molar-refractivity contribution in [1.29, 1.82) is 0 Å². The van der Waals surface area contributed by atoms with Crippen molar-refractivity contribution in [3.05, 3.63) is 49.3 Å². The van der Waals surface area contributed by atoms with Crippen LogP contribution in [0.5, 0.6) is 0 Å². The molecule has 0 aromatic carbocycles. The second-order valence-corrected chi connectivity index (χ2v) is 47.1. The Morgan fingerprint density at radius 3 is 1.06 bits per heavy atom. The third-order valence-electron chi connectivity index (χ3n) is 14.8. The van der Waals surface area contributed by atoms with Crippen LogP contribution in [0, 0.1) is 60.1 Å². The number of nitrogens with one attached hydrogen (secondary N) is 3. The Labute approximate surface area is 666 Å². The quantitative estimate of drug-likeness (QED) is 0.0753. The summed E-state index contributed by atoms with van der Waals surface area (Å²) in [5.41, 5.74) is 1.24. The molecule has 3 N–H and O–H groups in total. The first-order valence-electron chi connectivity index (χ1n) is 36.3. The molecule has 3 amide bonds. The van der Waals surface area contributed by atoms with Gasteiger partial charge in [0.15, 0.2) is 37.0 Å². The maximum Gasteiger partial charge on any atom is 0.225 e. The van der Waals surface area contributed by atoms with Crippen LogP contribution in [0.1, 0.15) is 303 Å². The summed E-state index contributed by atoms with van der Waals surface area (Å²) < 4.78 is 48.0. The Morgan fingerprint density at radius 2 is 1.00 bits per heavy atom. The molecule has 6 aliphatic rings. The third kappa shape index (κ3) is 72.3. The van der Waals surface area contributed by atoms with Crippen LogP contribution < -0.4 is 16.0 Å². The van der Waals surface area contributed by atoms with Gasteiger partial charge in [0.05, 0.1) is 40.3 Å². The summed E-state index contributed by atoms with van der Waals surface area (Å²) in [7, 11) is -6.09. The van der Waals surface area contributed by atoms with Crippen molar-refractivity contribution < 1.29 is 55.1 Å². The number of carbonyl (C=O) groups excluding carboxylic acids is 7. The smallest absolute Gasteiger partial charge is 0.225 e.